The summed E-state index contributed by atoms with van der Waals surface area (Å²) in [6, 6.07) is 0. The zero-order chi connectivity index (χ0) is 6.81. The molecular weight excluding hydrogens is 132 g/mol. The third-order valence-electron chi connectivity index (χ3n) is 1.07. The summed E-state index contributed by atoms with van der Waals surface area (Å²) in [7, 11) is 0. The van der Waals surface area contributed by atoms with Gasteiger partial charge in [-0.3, -0.25) is 0 Å². The van der Waals surface area contributed by atoms with Crippen LogP contribution in [0.25, 0.3) is 0 Å². The lowest BCUT2D eigenvalue weighted by atomic mass is 10.5. The van der Waals surface area contributed by atoms with Crippen LogP contribution in [0.5, 0.6) is 11.6 Å². The van der Waals surface area contributed by atoms with E-state index in [1.54, 1.807) is 6.20 Å². The zero-order valence-electron chi connectivity index (χ0n) is 5.02. The van der Waals surface area contributed by atoms with Gasteiger partial charge in [0.2, 0.25) is 5.75 Å². The summed E-state index contributed by atoms with van der Waals surface area (Å²) in [5, 5.41) is 0. The Bertz CT molecular complexity index is 245. The molecule has 2 heterocycles. The van der Waals surface area contributed by atoms with Gasteiger partial charge in [0.05, 0.1) is 6.20 Å². The normalized spacial score (nSPS) is 13.2. The third kappa shape index (κ3) is 0.699. The molecule has 0 spiro atoms. The Balaban J connectivity index is 2.47. The second-order valence-electron chi connectivity index (χ2n) is 1.70. The Kier molecular flexibility index (Phi) is 1.04. The van der Waals surface area contributed by atoms with Crippen LogP contribution in [0.4, 0.5) is 0 Å². The molecule has 0 radical (unpaired) electrons. The molecule has 0 saturated heterocycles. The van der Waals surface area contributed by atoms with Crippen LogP contribution in [-0.4, -0.2) is 9.97 Å². The molecule has 0 amide bonds. The Morgan fingerprint density at radius 1 is 1.20 bits per heavy atom. The Hall–Kier alpha value is -1.58. The van der Waals surface area contributed by atoms with Gasteiger partial charge >= 0.3 is 0 Å². The van der Waals surface area contributed by atoms with Crippen molar-refractivity contribution in [1.82, 2.24) is 9.97 Å². The fourth-order valence-corrected chi connectivity index (χ4v) is 0.668. The lowest BCUT2D eigenvalue weighted by Gasteiger charge is -2.08. The molecule has 0 aliphatic carbocycles. The second-order valence-corrected chi connectivity index (χ2v) is 1.70. The van der Waals surface area contributed by atoms with Crippen molar-refractivity contribution in [3.05, 3.63) is 25.0 Å². The number of hydrogen-bond acceptors (Lipinski definition) is 4. The Morgan fingerprint density at radius 2 is 2.10 bits per heavy atom. The number of nitrogens with zero attached hydrogens (tertiary/aromatic N) is 2. The summed E-state index contributed by atoms with van der Waals surface area (Å²) < 4.78 is 9.96. The molecule has 10 heavy (non-hydrogen) atoms. The highest BCUT2D eigenvalue weighted by molar-refractivity contribution is 5.32. The van der Waals surface area contributed by atoms with Crippen LogP contribution in [-0.2, 0) is 0 Å². The average molecular weight is 136 g/mol. The highest BCUT2D eigenvalue weighted by atomic mass is 16.5. The van der Waals surface area contributed by atoms with E-state index in [1.165, 1.54) is 18.9 Å². The quantitative estimate of drug-likeness (QED) is 0.527. The number of rotatable bonds is 0. The summed E-state index contributed by atoms with van der Waals surface area (Å²) in [4.78, 5) is 7.56. The van der Waals surface area contributed by atoms with Gasteiger partial charge in [-0.1, -0.05) is 0 Å². The van der Waals surface area contributed by atoms with Gasteiger partial charge in [-0.05, 0) is 0 Å². The minimum atomic E-state index is 0.456. The van der Waals surface area contributed by atoms with Gasteiger partial charge in [0.15, 0.2) is 0 Å². The lowest BCUT2D eigenvalue weighted by Crippen LogP contribution is -1.98. The molecule has 4 nitrogen and oxygen atoms in total. The van der Waals surface area contributed by atoms with E-state index in [2.05, 4.69) is 9.97 Å². The van der Waals surface area contributed by atoms with Crippen LogP contribution >= 0.6 is 0 Å². The highest BCUT2D eigenvalue weighted by Crippen LogP contribution is 2.24. The SMILES string of the molecule is C1=COc2ncncc2O1. The molecule has 1 aliphatic rings. The Labute approximate surface area is 57.1 Å². The van der Waals surface area contributed by atoms with Gasteiger partial charge in [0, 0.05) is 0 Å². The smallest absolute Gasteiger partial charge is 0.265 e. The predicted molar refractivity (Wildman–Crippen MR) is 32.4 cm³/mol. The van der Waals surface area contributed by atoms with Gasteiger partial charge in [0.25, 0.3) is 5.88 Å². The zero-order valence-corrected chi connectivity index (χ0v) is 5.02. The molecule has 0 fully saturated rings. The van der Waals surface area contributed by atoms with Gasteiger partial charge in [-0.15, -0.1) is 0 Å². The fraction of sp³-hybridized carbons (Fsp3) is 0. The van der Waals surface area contributed by atoms with Crippen molar-refractivity contribution in [3.8, 4) is 11.6 Å². The van der Waals surface area contributed by atoms with Gasteiger partial charge in [-0.2, -0.15) is 4.98 Å². The van der Waals surface area contributed by atoms with E-state index in [9.17, 15) is 0 Å². The Morgan fingerprint density at radius 3 is 3.00 bits per heavy atom. The molecule has 0 saturated carbocycles. The molecule has 2 rings (SSSR count). The first-order chi connectivity index (χ1) is 4.97. The number of ether oxygens (including phenoxy) is 2. The maximum Gasteiger partial charge on any atom is 0.265 e. The molecule has 4 heteroatoms. The standard InChI is InChI=1S/C6H4N2O2/c1-2-10-6-5(9-1)3-7-4-8-6/h1-4H. The molecule has 1 aromatic heterocycles. The van der Waals surface area contributed by atoms with Gasteiger partial charge in [-0.25, -0.2) is 4.98 Å². The van der Waals surface area contributed by atoms with Gasteiger partial charge < -0.3 is 9.47 Å². The van der Waals surface area contributed by atoms with Crippen LogP contribution in [0.3, 0.4) is 0 Å². The molecule has 1 aliphatic heterocycles. The molecule has 0 atom stereocenters. The topological polar surface area (TPSA) is 44.2 Å². The predicted octanol–water partition coefficient (Wildman–Crippen LogP) is 0.719. The van der Waals surface area contributed by atoms with E-state index >= 15 is 0 Å². The van der Waals surface area contributed by atoms with Crippen molar-refractivity contribution in [2.24, 2.45) is 0 Å². The first-order valence-electron chi connectivity index (χ1n) is 2.75. The summed E-state index contributed by atoms with van der Waals surface area (Å²) in [6.07, 6.45) is 5.81. The van der Waals surface area contributed by atoms with E-state index in [-0.39, 0.29) is 0 Å². The average Bonchev–Trinajstić information content (AvgIpc) is 2.05. The fourth-order valence-electron chi connectivity index (χ4n) is 0.668. The first kappa shape index (κ1) is 5.22. The molecule has 1 aromatic rings. The molecule has 50 valence electrons. The van der Waals surface area contributed by atoms with Crippen LogP contribution < -0.4 is 9.47 Å². The minimum absolute atomic E-state index is 0.456. The van der Waals surface area contributed by atoms with Crippen molar-refractivity contribution in [1.29, 1.82) is 0 Å². The summed E-state index contributed by atoms with van der Waals surface area (Å²) in [5.41, 5.74) is 0. The van der Waals surface area contributed by atoms with E-state index in [0.717, 1.165) is 0 Å². The van der Waals surface area contributed by atoms with E-state index in [1.807, 2.05) is 0 Å². The third-order valence-corrected chi connectivity index (χ3v) is 1.07. The molecule has 0 N–H and O–H groups in total. The van der Waals surface area contributed by atoms with Crippen LogP contribution in [0.1, 0.15) is 0 Å². The van der Waals surface area contributed by atoms with Crippen molar-refractivity contribution in [3.63, 3.8) is 0 Å². The number of hydrogen-bond donors (Lipinski definition) is 0. The second kappa shape index (κ2) is 1.98. The molecule has 0 bridgehead atoms. The minimum Gasteiger partial charge on any atom is -0.454 e. The van der Waals surface area contributed by atoms with Crippen LogP contribution in [0.15, 0.2) is 25.0 Å². The van der Waals surface area contributed by atoms with E-state index in [4.69, 9.17) is 9.47 Å². The summed E-state index contributed by atoms with van der Waals surface area (Å²) in [6.45, 7) is 0. The van der Waals surface area contributed by atoms with Crippen molar-refractivity contribution < 1.29 is 9.47 Å². The van der Waals surface area contributed by atoms with Crippen molar-refractivity contribution in [2.45, 2.75) is 0 Å². The maximum atomic E-state index is 4.99. The lowest BCUT2D eigenvalue weighted by molar-refractivity contribution is 0.347. The largest absolute Gasteiger partial charge is 0.454 e. The van der Waals surface area contributed by atoms with Crippen LogP contribution in [0.2, 0.25) is 0 Å². The maximum absolute atomic E-state index is 4.99. The highest BCUT2D eigenvalue weighted by Gasteiger charge is 2.07. The van der Waals surface area contributed by atoms with Gasteiger partial charge in [0.1, 0.15) is 18.9 Å². The van der Waals surface area contributed by atoms with Crippen molar-refractivity contribution in [2.75, 3.05) is 0 Å². The monoisotopic (exact) mass is 136 g/mol. The molecule has 0 aromatic carbocycles. The number of aromatic nitrogens is 2. The summed E-state index contributed by atoms with van der Waals surface area (Å²) >= 11 is 0. The van der Waals surface area contributed by atoms with Crippen molar-refractivity contribution >= 4 is 0 Å². The molecular formula is C6H4N2O2. The van der Waals surface area contributed by atoms with E-state index in [0.29, 0.717) is 11.6 Å². The molecule has 0 unspecified atom stereocenters. The van der Waals surface area contributed by atoms with Crippen LogP contribution in [0, 0.1) is 0 Å². The number of fused-ring (bicyclic) bond motifs is 1. The van der Waals surface area contributed by atoms with E-state index < -0.39 is 0 Å². The first-order valence-corrected chi connectivity index (χ1v) is 2.75. The summed E-state index contributed by atoms with van der Waals surface area (Å²) in [5.74, 6) is 1.00.